The number of ketones is 1. The molecule has 1 aromatic heterocycles. The Morgan fingerprint density at radius 1 is 1.15 bits per heavy atom. The molecule has 0 bridgehead atoms. The van der Waals surface area contributed by atoms with Gasteiger partial charge in [-0.2, -0.15) is 4.98 Å². The number of Topliss-reactive ketones (excluding diaryl/α,β-unsaturated/α-hetero) is 1. The first-order valence-electron chi connectivity index (χ1n) is 11.4. The highest BCUT2D eigenvalue weighted by molar-refractivity contribution is 9.10. The van der Waals surface area contributed by atoms with Gasteiger partial charge in [0.2, 0.25) is 11.1 Å². The number of allylic oxidation sites excluding steroid dienone is 2. The van der Waals surface area contributed by atoms with E-state index in [1.807, 2.05) is 53.2 Å². The van der Waals surface area contributed by atoms with E-state index in [0.717, 1.165) is 49.9 Å². The maximum Gasteiger partial charge on any atom is 0.227 e. The summed E-state index contributed by atoms with van der Waals surface area (Å²) in [5.74, 6) is 2.54. The van der Waals surface area contributed by atoms with E-state index in [9.17, 15) is 4.79 Å². The number of carbonyl (C=O) groups excluding carboxylic acids is 1. The van der Waals surface area contributed by atoms with Crippen molar-refractivity contribution in [2.75, 3.05) is 11.1 Å². The summed E-state index contributed by atoms with van der Waals surface area (Å²) in [7, 11) is 0. The van der Waals surface area contributed by atoms with Gasteiger partial charge in [-0.25, -0.2) is 4.68 Å². The minimum Gasteiger partial charge on any atom is -0.489 e. The summed E-state index contributed by atoms with van der Waals surface area (Å²) in [6.07, 6.45) is 1.33. The third kappa shape index (κ3) is 4.66. The molecular formula is C26H27BrN4O2S. The number of nitrogens with one attached hydrogen (secondary N) is 1. The molecule has 8 heteroatoms. The van der Waals surface area contributed by atoms with E-state index >= 15 is 0 Å². The van der Waals surface area contributed by atoms with Gasteiger partial charge in [0.1, 0.15) is 18.4 Å². The summed E-state index contributed by atoms with van der Waals surface area (Å²) in [6.45, 7) is 6.85. The molecule has 1 aliphatic carbocycles. The van der Waals surface area contributed by atoms with Gasteiger partial charge >= 0.3 is 0 Å². The van der Waals surface area contributed by atoms with Crippen molar-refractivity contribution in [3.63, 3.8) is 0 Å². The molecule has 0 fully saturated rings. The van der Waals surface area contributed by atoms with E-state index in [1.165, 1.54) is 0 Å². The number of rotatable bonds is 6. The minimum absolute atomic E-state index is 0.0820. The Bertz CT molecular complexity index is 1250. The molecule has 176 valence electrons. The van der Waals surface area contributed by atoms with Crippen molar-refractivity contribution < 1.29 is 9.53 Å². The third-order valence-electron chi connectivity index (χ3n) is 6.10. The van der Waals surface area contributed by atoms with Crippen molar-refractivity contribution in [1.29, 1.82) is 0 Å². The van der Waals surface area contributed by atoms with Gasteiger partial charge in [0, 0.05) is 22.2 Å². The number of fused-ring (bicyclic) bond motifs is 1. The number of carbonyl (C=O) groups is 1. The van der Waals surface area contributed by atoms with Gasteiger partial charge in [-0.3, -0.25) is 4.79 Å². The summed E-state index contributed by atoms with van der Waals surface area (Å²) >= 11 is 5.06. The highest BCUT2D eigenvalue weighted by Gasteiger charge is 2.41. The lowest BCUT2D eigenvalue weighted by Crippen LogP contribution is -2.36. The van der Waals surface area contributed by atoms with Gasteiger partial charge in [0.15, 0.2) is 5.78 Å². The number of halogens is 1. The Hall–Kier alpha value is -2.58. The van der Waals surface area contributed by atoms with Gasteiger partial charge < -0.3 is 10.1 Å². The van der Waals surface area contributed by atoms with Gasteiger partial charge in [0.25, 0.3) is 0 Å². The molecule has 0 radical (unpaired) electrons. The van der Waals surface area contributed by atoms with E-state index < -0.39 is 0 Å². The van der Waals surface area contributed by atoms with E-state index in [1.54, 1.807) is 11.8 Å². The molecule has 0 saturated carbocycles. The van der Waals surface area contributed by atoms with E-state index in [-0.39, 0.29) is 17.2 Å². The molecule has 2 aromatic carbocycles. The smallest absolute Gasteiger partial charge is 0.227 e. The number of nitrogens with zero attached hydrogens (tertiary/aromatic N) is 3. The van der Waals surface area contributed by atoms with Crippen molar-refractivity contribution in [2.24, 2.45) is 5.41 Å². The maximum absolute atomic E-state index is 13.3. The predicted octanol–water partition coefficient (Wildman–Crippen LogP) is 6.39. The Morgan fingerprint density at radius 3 is 2.59 bits per heavy atom. The zero-order valence-corrected chi connectivity index (χ0v) is 21.9. The van der Waals surface area contributed by atoms with Crippen LogP contribution in [0.15, 0.2) is 69.4 Å². The monoisotopic (exact) mass is 538 g/mol. The Balaban J connectivity index is 1.46. The lowest BCUT2D eigenvalue weighted by molar-refractivity contribution is -0.118. The highest BCUT2D eigenvalue weighted by atomic mass is 79.9. The van der Waals surface area contributed by atoms with E-state index in [2.05, 4.69) is 42.0 Å². The van der Waals surface area contributed by atoms with Gasteiger partial charge in [0.05, 0.1) is 0 Å². The van der Waals surface area contributed by atoms with Crippen LogP contribution in [-0.4, -0.2) is 26.3 Å². The van der Waals surface area contributed by atoms with Crippen LogP contribution in [-0.2, 0) is 11.4 Å². The summed E-state index contributed by atoms with van der Waals surface area (Å²) in [5.41, 5.74) is 3.78. The van der Waals surface area contributed by atoms with E-state index in [0.29, 0.717) is 19.0 Å². The molecule has 1 N–H and O–H groups in total. The van der Waals surface area contributed by atoms with Gasteiger partial charge in [-0.1, -0.05) is 72.7 Å². The quantitative estimate of drug-likeness (QED) is 0.366. The largest absolute Gasteiger partial charge is 0.489 e. The Morgan fingerprint density at radius 2 is 1.88 bits per heavy atom. The van der Waals surface area contributed by atoms with Crippen LogP contribution < -0.4 is 10.1 Å². The molecule has 1 atom stereocenters. The van der Waals surface area contributed by atoms with Crippen molar-refractivity contribution in [1.82, 2.24) is 14.8 Å². The van der Waals surface area contributed by atoms with Crippen molar-refractivity contribution in [3.05, 3.63) is 75.4 Å². The molecule has 0 amide bonds. The first kappa shape index (κ1) is 23.2. The number of aromatic nitrogens is 3. The fourth-order valence-electron chi connectivity index (χ4n) is 4.58. The number of benzene rings is 2. The second-order valence-electron chi connectivity index (χ2n) is 9.44. The molecule has 3 aromatic rings. The molecular weight excluding hydrogens is 512 g/mol. The van der Waals surface area contributed by atoms with Crippen LogP contribution in [0, 0.1) is 5.41 Å². The second kappa shape index (κ2) is 9.23. The minimum atomic E-state index is -0.297. The van der Waals surface area contributed by atoms with Crippen LogP contribution in [0.1, 0.15) is 50.8 Å². The molecule has 2 aliphatic rings. The molecule has 0 saturated heterocycles. The zero-order chi connectivity index (χ0) is 23.9. The first-order valence-corrected chi connectivity index (χ1v) is 13.2. The average Bonchev–Trinajstić information content (AvgIpc) is 3.19. The van der Waals surface area contributed by atoms with Crippen LogP contribution in [0.4, 0.5) is 5.95 Å². The van der Waals surface area contributed by atoms with Crippen LogP contribution in [0.25, 0.3) is 0 Å². The topological polar surface area (TPSA) is 69.0 Å². The molecule has 6 nitrogen and oxygen atoms in total. The van der Waals surface area contributed by atoms with Crippen molar-refractivity contribution >= 4 is 39.4 Å². The summed E-state index contributed by atoms with van der Waals surface area (Å²) in [5, 5.41) is 8.89. The number of hydrogen-bond acceptors (Lipinski definition) is 6. The van der Waals surface area contributed by atoms with Crippen LogP contribution in [0.2, 0.25) is 0 Å². The normalized spacial score (nSPS) is 18.8. The SMILES string of the molecule is CCSc1nc2n(n1)C(c1ccc(OCc3ccc(Br)cc3)cc1)C1=C(CC(C)(C)CC1=O)N2. The molecule has 1 aliphatic heterocycles. The predicted molar refractivity (Wildman–Crippen MR) is 138 cm³/mol. The van der Waals surface area contributed by atoms with Crippen LogP contribution in [0.5, 0.6) is 5.75 Å². The Kier molecular flexibility index (Phi) is 6.29. The molecule has 34 heavy (non-hydrogen) atoms. The summed E-state index contributed by atoms with van der Waals surface area (Å²) < 4.78 is 8.90. The fraction of sp³-hybridized carbons (Fsp3) is 0.346. The fourth-order valence-corrected chi connectivity index (χ4v) is 5.40. The number of hydrogen-bond donors (Lipinski definition) is 1. The van der Waals surface area contributed by atoms with Crippen LogP contribution >= 0.6 is 27.7 Å². The lowest BCUT2D eigenvalue weighted by atomic mass is 9.73. The summed E-state index contributed by atoms with van der Waals surface area (Å²) in [4.78, 5) is 18.0. The summed E-state index contributed by atoms with van der Waals surface area (Å²) in [6, 6.07) is 15.8. The van der Waals surface area contributed by atoms with Crippen molar-refractivity contribution in [3.8, 4) is 5.75 Å². The second-order valence-corrected chi connectivity index (χ2v) is 11.6. The lowest BCUT2D eigenvalue weighted by Gasteiger charge is -2.38. The number of ether oxygens (including phenoxy) is 1. The number of thioether (sulfide) groups is 1. The zero-order valence-electron chi connectivity index (χ0n) is 19.5. The highest BCUT2D eigenvalue weighted by Crippen LogP contribution is 2.45. The van der Waals surface area contributed by atoms with E-state index in [4.69, 9.17) is 14.8 Å². The maximum atomic E-state index is 13.3. The van der Waals surface area contributed by atoms with Gasteiger partial charge in [-0.15, -0.1) is 5.10 Å². The standard InChI is InChI=1S/C26H27BrN4O2S/c1-4-34-25-29-24-28-20-13-26(2,3)14-21(32)22(20)23(31(24)30-25)17-7-11-19(12-8-17)33-15-16-5-9-18(27)10-6-16/h5-12,23H,4,13-15H2,1-3H3,(H,28,29,30). The Labute approximate surface area is 212 Å². The van der Waals surface area contributed by atoms with Crippen molar-refractivity contribution in [2.45, 2.75) is 51.4 Å². The molecule has 1 unspecified atom stereocenters. The molecule has 5 rings (SSSR count). The van der Waals surface area contributed by atoms with Crippen LogP contribution in [0.3, 0.4) is 0 Å². The molecule has 2 heterocycles. The number of anilines is 1. The van der Waals surface area contributed by atoms with Gasteiger partial charge in [-0.05, 0) is 53.0 Å². The average molecular weight is 539 g/mol. The third-order valence-corrected chi connectivity index (χ3v) is 7.35. The molecule has 0 spiro atoms. The first-order chi connectivity index (χ1) is 16.3.